The van der Waals surface area contributed by atoms with E-state index < -0.39 is 0 Å². The van der Waals surface area contributed by atoms with E-state index in [9.17, 15) is 9.59 Å². The Morgan fingerprint density at radius 2 is 1.60 bits per heavy atom. The molecular weight excluding hydrogens is 314 g/mol. The summed E-state index contributed by atoms with van der Waals surface area (Å²) in [6.45, 7) is 4.65. The molecule has 25 heavy (non-hydrogen) atoms. The summed E-state index contributed by atoms with van der Waals surface area (Å²) >= 11 is 0. The first-order valence-electron chi connectivity index (χ1n) is 8.50. The highest BCUT2D eigenvalue weighted by Crippen LogP contribution is 2.15. The Morgan fingerprint density at radius 1 is 0.920 bits per heavy atom. The highest BCUT2D eigenvalue weighted by atomic mass is 16.2. The van der Waals surface area contributed by atoms with Crippen LogP contribution in [0.2, 0.25) is 0 Å². The Bertz CT molecular complexity index is 699. The smallest absolute Gasteiger partial charge is 0.238 e. The summed E-state index contributed by atoms with van der Waals surface area (Å²) in [7, 11) is 0. The zero-order chi connectivity index (χ0) is 18.1. The van der Waals surface area contributed by atoms with Crippen molar-refractivity contribution in [1.29, 1.82) is 0 Å². The van der Waals surface area contributed by atoms with E-state index in [0.717, 1.165) is 13.0 Å². The molecule has 2 rings (SSSR count). The van der Waals surface area contributed by atoms with Crippen LogP contribution in [0.15, 0.2) is 54.6 Å². The standard InChI is InChI=1S/C20H25N3O2/c1-15(2)20(25)23-18-10-6-9-17(13-18)22-19(24)14-21-12-11-16-7-4-3-5-8-16/h3-10,13,15,21H,11-12,14H2,1-2H3,(H,22,24)(H,23,25). The molecule has 0 aliphatic rings. The SMILES string of the molecule is CC(C)C(=O)Nc1cccc(NC(=O)CNCCc2ccccc2)c1. The average molecular weight is 339 g/mol. The van der Waals surface area contributed by atoms with Crippen LogP contribution >= 0.6 is 0 Å². The Kier molecular flexibility index (Phi) is 7.16. The van der Waals surface area contributed by atoms with Crippen LogP contribution in [0, 0.1) is 5.92 Å². The van der Waals surface area contributed by atoms with Crippen molar-refractivity contribution >= 4 is 23.2 Å². The van der Waals surface area contributed by atoms with Gasteiger partial charge in [-0.05, 0) is 36.7 Å². The number of carbonyl (C=O) groups is 2. The van der Waals surface area contributed by atoms with E-state index in [1.165, 1.54) is 5.56 Å². The summed E-state index contributed by atoms with van der Waals surface area (Å²) in [6, 6.07) is 17.3. The molecule has 0 spiro atoms. The minimum atomic E-state index is -0.111. The molecule has 0 atom stereocenters. The van der Waals surface area contributed by atoms with Crippen LogP contribution in [0.1, 0.15) is 19.4 Å². The van der Waals surface area contributed by atoms with Gasteiger partial charge in [-0.2, -0.15) is 0 Å². The molecule has 0 fully saturated rings. The number of hydrogen-bond donors (Lipinski definition) is 3. The molecule has 0 radical (unpaired) electrons. The Morgan fingerprint density at radius 3 is 2.28 bits per heavy atom. The van der Waals surface area contributed by atoms with Gasteiger partial charge in [0, 0.05) is 17.3 Å². The summed E-state index contributed by atoms with van der Waals surface area (Å²) in [5.74, 6) is -0.251. The molecule has 0 saturated carbocycles. The predicted molar refractivity (Wildman–Crippen MR) is 102 cm³/mol. The molecule has 132 valence electrons. The second kappa shape index (κ2) is 9.59. The highest BCUT2D eigenvalue weighted by Gasteiger charge is 2.08. The zero-order valence-corrected chi connectivity index (χ0v) is 14.7. The second-order valence-corrected chi connectivity index (χ2v) is 6.19. The van der Waals surface area contributed by atoms with Gasteiger partial charge in [-0.1, -0.05) is 50.2 Å². The first-order chi connectivity index (χ1) is 12.0. The Hall–Kier alpha value is -2.66. The van der Waals surface area contributed by atoms with E-state index in [0.29, 0.717) is 11.4 Å². The van der Waals surface area contributed by atoms with E-state index in [4.69, 9.17) is 0 Å². The lowest BCUT2D eigenvalue weighted by molar-refractivity contribution is -0.119. The van der Waals surface area contributed by atoms with Gasteiger partial charge < -0.3 is 16.0 Å². The van der Waals surface area contributed by atoms with Crippen molar-refractivity contribution in [3.8, 4) is 0 Å². The van der Waals surface area contributed by atoms with Crippen molar-refractivity contribution in [1.82, 2.24) is 5.32 Å². The fourth-order valence-corrected chi connectivity index (χ4v) is 2.25. The quantitative estimate of drug-likeness (QED) is 0.647. The van der Waals surface area contributed by atoms with Gasteiger partial charge in [0.05, 0.1) is 6.54 Å². The van der Waals surface area contributed by atoms with E-state index in [1.807, 2.05) is 32.0 Å². The molecule has 0 aromatic heterocycles. The summed E-state index contributed by atoms with van der Waals surface area (Å²) in [6.07, 6.45) is 0.880. The topological polar surface area (TPSA) is 70.2 Å². The highest BCUT2D eigenvalue weighted by molar-refractivity contribution is 5.95. The van der Waals surface area contributed by atoms with Crippen LogP contribution in [-0.4, -0.2) is 24.9 Å². The van der Waals surface area contributed by atoms with Gasteiger partial charge in [0.1, 0.15) is 0 Å². The number of amides is 2. The summed E-state index contributed by atoms with van der Waals surface area (Å²) in [5.41, 5.74) is 2.58. The van der Waals surface area contributed by atoms with Crippen molar-refractivity contribution < 1.29 is 9.59 Å². The van der Waals surface area contributed by atoms with E-state index in [1.54, 1.807) is 24.3 Å². The van der Waals surface area contributed by atoms with Crippen molar-refractivity contribution in [3.05, 3.63) is 60.2 Å². The van der Waals surface area contributed by atoms with E-state index in [2.05, 4.69) is 28.1 Å². The van der Waals surface area contributed by atoms with Crippen LogP contribution in [0.3, 0.4) is 0 Å². The normalized spacial score (nSPS) is 10.5. The maximum Gasteiger partial charge on any atom is 0.238 e. The monoisotopic (exact) mass is 339 g/mol. The number of hydrogen-bond acceptors (Lipinski definition) is 3. The summed E-state index contributed by atoms with van der Waals surface area (Å²) in [4.78, 5) is 23.7. The fourth-order valence-electron chi connectivity index (χ4n) is 2.25. The minimum absolute atomic E-state index is 0.0499. The zero-order valence-electron chi connectivity index (χ0n) is 14.7. The van der Waals surface area contributed by atoms with Gasteiger partial charge in [0.2, 0.25) is 11.8 Å². The summed E-state index contributed by atoms with van der Waals surface area (Å²) < 4.78 is 0. The molecule has 2 aromatic rings. The Labute approximate surface area is 148 Å². The van der Waals surface area contributed by atoms with E-state index >= 15 is 0 Å². The maximum atomic E-state index is 12.0. The van der Waals surface area contributed by atoms with Crippen LogP contribution in [-0.2, 0) is 16.0 Å². The molecule has 2 amide bonds. The molecule has 2 aromatic carbocycles. The first kappa shape index (κ1) is 18.7. The predicted octanol–water partition coefficient (Wildman–Crippen LogP) is 3.05. The van der Waals surface area contributed by atoms with Crippen LogP contribution in [0.4, 0.5) is 11.4 Å². The molecule has 0 aliphatic carbocycles. The molecule has 0 bridgehead atoms. The molecule has 0 unspecified atom stereocenters. The maximum absolute atomic E-state index is 12.0. The fraction of sp³-hybridized carbons (Fsp3) is 0.300. The Balaban J connectivity index is 1.75. The largest absolute Gasteiger partial charge is 0.326 e. The lowest BCUT2D eigenvalue weighted by Crippen LogP contribution is -2.29. The third-order valence-corrected chi connectivity index (χ3v) is 3.66. The van der Waals surface area contributed by atoms with Gasteiger partial charge in [0.15, 0.2) is 0 Å². The molecule has 0 aliphatic heterocycles. The number of rotatable bonds is 8. The molecular formula is C20H25N3O2. The van der Waals surface area contributed by atoms with Gasteiger partial charge in [0.25, 0.3) is 0 Å². The van der Waals surface area contributed by atoms with Crippen molar-refractivity contribution in [2.75, 3.05) is 23.7 Å². The van der Waals surface area contributed by atoms with Gasteiger partial charge >= 0.3 is 0 Å². The lowest BCUT2D eigenvalue weighted by Gasteiger charge is -2.10. The molecule has 5 nitrogen and oxygen atoms in total. The first-order valence-corrected chi connectivity index (χ1v) is 8.50. The molecule has 0 saturated heterocycles. The van der Waals surface area contributed by atoms with Crippen molar-refractivity contribution in [2.45, 2.75) is 20.3 Å². The van der Waals surface area contributed by atoms with Crippen molar-refractivity contribution in [3.63, 3.8) is 0 Å². The number of nitrogens with one attached hydrogen (secondary N) is 3. The molecule has 3 N–H and O–H groups in total. The summed E-state index contributed by atoms with van der Waals surface area (Å²) in [5, 5.41) is 8.78. The number of benzene rings is 2. The van der Waals surface area contributed by atoms with Gasteiger partial charge in [-0.15, -0.1) is 0 Å². The third-order valence-electron chi connectivity index (χ3n) is 3.66. The minimum Gasteiger partial charge on any atom is -0.326 e. The average Bonchev–Trinajstić information content (AvgIpc) is 2.60. The molecule has 0 heterocycles. The third kappa shape index (κ3) is 6.77. The lowest BCUT2D eigenvalue weighted by atomic mass is 10.1. The van der Waals surface area contributed by atoms with E-state index in [-0.39, 0.29) is 24.3 Å². The van der Waals surface area contributed by atoms with Crippen molar-refractivity contribution in [2.24, 2.45) is 5.92 Å². The van der Waals surface area contributed by atoms with Gasteiger partial charge in [-0.25, -0.2) is 0 Å². The second-order valence-electron chi connectivity index (χ2n) is 6.19. The van der Waals surface area contributed by atoms with Gasteiger partial charge in [-0.3, -0.25) is 9.59 Å². The van der Waals surface area contributed by atoms with Crippen LogP contribution < -0.4 is 16.0 Å². The van der Waals surface area contributed by atoms with Crippen LogP contribution in [0.5, 0.6) is 0 Å². The molecule has 5 heteroatoms. The number of carbonyl (C=O) groups excluding carboxylic acids is 2. The van der Waals surface area contributed by atoms with Crippen LogP contribution in [0.25, 0.3) is 0 Å². The number of anilines is 2.